The molecule has 0 unspecified atom stereocenters. The average molecular weight is 432 g/mol. The van der Waals surface area contributed by atoms with E-state index in [1.807, 2.05) is 76.7 Å². The quantitative estimate of drug-likeness (QED) is 0.347. The number of hydrogen-bond donors (Lipinski definition) is 0. The fourth-order valence-corrected chi connectivity index (χ4v) is 5.03. The minimum absolute atomic E-state index is 0.218. The number of benzene rings is 2. The second-order valence-electron chi connectivity index (χ2n) is 7.37. The number of hydrogen-bond acceptors (Lipinski definition) is 5. The molecule has 0 radical (unpaired) electrons. The SMILES string of the molecule is CCOC(=O)[C@H]1C(=O)N(Cc2ccccc2)c2nc3ccccc3n2[C@H]1c1cccs1. The number of imidazole rings is 1. The molecule has 1 aliphatic rings. The first-order valence-electron chi connectivity index (χ1n) is 10.2. The number of amides is 1. The van der Waals surface area contributed by atoms with Gasteiger partial charge in [-0.05, 0) is 36.1 Å². The molecule has 156 valence electrons. The van der Waals surface area contributed by atoms with Crippen LogP contribution in [0.3, 0.4) is 0 Å². The zero-order chi connectivity index (χ0) is 21.4. The summed E-state index contributed by atoms with van der Waals surface area (Å²) in [7, 11) is 0. The van der Waals surface area contributed by atoms with Crippen molar-refractivity contribution in [1.29, 1.82) is 0 Å². The number of nitrogens with zero attached hydrogens (tertiary/aromatic N) is 3. The van der Waals surface area contributed by atoms with Gasteiger partial charge in [-0.15, -0.1) is 11.3 Å². The molecule has 6 nitrogen and oxygen atoms in total. The van der Waals surface area contributed by atoms with Gasteiger partial charge in [0.25, 0.3) is 0 Å². The van der Waals surface area contributed by atoms with Gasteiger partial charge in [0.1, 0.15) is 0 Å². The third-order valence-electron chi connectivity index (χ3n) is 5.50. The Labute approximate surface area is 183 Å². The van der Waals surface area contributed by atoms with E-state index in [0.29, 0.717) is 12.5 Å². The minimum atomic E-state index is -0.979. The number of ether oxygens (including phenoxy) is 1. The van der Waals surface area contributed by atoms with Crippen molar-refractivity contribution in [1.82, 2.24) is 9.55 Å². The summed E-state index contributed by atoms with van der Waals surface area (Å²) in [6, 6.07) is 20.9. The Morgan fingerprint density at radius 1 is 1.06 bits per heavy atom. The largest absolute Gasteiger partial charge is 0.465 e. The summed E-state index contributed by atoms with van der Waals surface area (Å²) in [6.07, 6.45) is 0. The second kappa shape index (κ2) is 8.00. The molecular weight excluding hydrogens is 410 g/mol. The number of aromatic nitrogens is 2. The highest BCUT2D eigenvalue weighted by molar-refractivity contribution is 7.10. The Balaban J connectivity index is 1.74. The van der Waals surface area contributed by atoms with E-state index in [0.717, 1.165) is 21.5 Å². The molecular formula is C24H21N3O3S. The number of anilines is 1. The Kier molecular flexibility index (Phi) is 5.03. The molecule has 1 amide bonds. The maximum absolute atomic E-state index is 13.8. The van der Waals surface area contributed by atoms with Crippen LogP contribution in [0.4, 0.5) is 5.95 Å². The van der Waals surface area contributed by atoms with Crippen molar-refractivity contribution in [2.45, 2.75) is 19.5 Å². The fraction of sp³-hybridized carbons (Fsp3) is 0.208. The van der Waals surface area contributed by atoms with Crippen molar-refractivity contribution >= 4 is 40.2 Å². The van der Waals surface area contributed by atoms with Gasteiger partial charge in [-0.25, -0.2) is 4.98 Å². The van der Waals surface area contributed by atoms with Gasteiger partial charge in [-0.2, -0.15) is 0 Å². The molecule has 0 spiro atoms. The highest BCUT2D eigenvalue weighted by Gasteiger charge is 2.48. The van der Waals surface area contributed by atoms with Crippen LogP contribution in [0.5, 0.6) is 0 Å². The molecule has 3 heterocycles. The zero-order valence-corrected chi connectivity index (χ0v) is 17.8. The molecule has 0 saturated carbocycles. The van der Waals surface area contributed by atoms with Crippen molar-refractivity contribution in [3.05, 3.63) is 82.6 Å². The number of para-hydroxylation sites is 2. The molecule has 31 heavy (non-hydrogen) atoms. The molecule has 0 bridgehead atoms. The van der Waals surface area contributed by atoms with Crippen LogP contribution in [0.25, 0.3) is 11.0 Å². The van der Waals surface area contributed by atoms with E-state index in [9.17, 15) is 9.59 Å². The smallest absolute Gasteiger partial charge is 0.321 e. The third-order valence-corrected chi connectivity index (χ3v) is 6.45. The van der Waals surface area contributed by atoms with Crippen molar-refractivity contribution in [2.24, 2.45) is 5.92 Å². The Morgan fingerprint density at radius 3 is 2.58 bits per heavy atom. The maximum atomic E-state index is 13.8. The van der Waals surface area contributed by atoms with Gasteiger partial charge < -0.3 is 4.74 Å². The van der Waals surface area contributed by atoms with Crippen molar-refractivity contribution < 1.29 is 14.3 Å². The summed E-state index contributed by atoms with van der Waals surface area (Å²) in [6.45, 7) is 2.30. The van der Waals surface area contributed by atoms with Crippen LogP contribution in [0.15, 0.2) is 72.1 Å². The molecule has 2 atom stereocenters. The van der Waals surface area contributed by atoms with E-state index in [1.165, 1.54) is 11.3 Å². The summed E-state index contributed by atoms with van der Waals surface area (Å²) in [5.41, 5.74) is 2.64. The van der Waals surface area contributed by atoms with E-state index in [4.69, 9.17) is 9.72 Å². The molecule has 1 aliphatic heterocycles. The number of fused-ring (bicyclic) bond motifs is 3. The molecule has 0 fully saturated rings. The van der Waals surface area contributed by atoms with Gasteiger partial charge in [0.2, 0.25) is 11.9 Å². The van der Waals surface area contributed by atoms with Gasteiger partial charge in [0.05, 0.1) is 30.2 Å². The molecule has 2 aromatic carbocycles. The Bertz CT molecular complexity index is 1230. The molecule has 2 aromatic heterocycles. The van der Waals surface area contributed by atoms with Crippen molar-refractivity contribution in [3.63, 3.8) is 0 Å². The highest BCUT2D eigenvalue weighted by atomic mass is 32.1. The minimum Gasteiger partial charge on any atom is -0.465 e. The van der Waals surface area contributed by atoms with Gasteiger partial charge in [0.15, 0.2) is 5.92 Å². The van der Waals surface area contributed by atoms with Crippen molar-refractivity contribution in [2.75, 3.05) is 11.5 Å². The number of carbonyl (C=O) groups is 2. The first-order chi connectivity index (χ1) is 15.2. The van der Waals surface area contributed by atoms with Crippen LogP contribution in [0.1, 0.15) is 23.4 Å². The predicted molar refractivity (Wildman–Crippen MR) is 120 cm³/mol. The summed E-state index contributed by atoms with van der Waals surface area (Å²) in [4.78, 5) is 34.2. The summed E-state index contributed by atoms with van der Waals surface area (Å²) < 4.78 is 7.39. The zero-order valence-electron chi connectivity index (χ0n) is 17.0. The molecule has 0 saturated heterocycles. The van der Waals surface area contributed by atoms with Gasteiger partial charge in [0, 0.05) is 4.88 Å². The lowest BCUT2D eigenvalue weighted by Gasteiger charge is -2.37. The van der Waals surface area contributed by atoms with Crippen molar-refractivity contribution in [3.8, 4) is 0 Å². The first-order valence-corrected chi connectivity index (χ1v) is 11.1. The number of rotatable bonds is 5. The highest BCUT2D eigenvalue weighted by Crippen LogP contribution is 2.43. The standard InChI is InChI=1S/C24H21N3O3S/c1-2-30-23(29)20-21(19-13-8-14-31-19)27-18-12-7-6-11-17(18)25-24(27)26(22(20)28)15-16-9-4-3-5-10-16/h3-14,20-21H,2,15H2,1H3/t20-,21+/m1/s1. The summed E-state index contributed by atoms with van der Waals surface area (Å²) >= 11 is 1.52. The predicted octanol–water partition coefficient (Wildman–Crippen LogP) is 4.41. The summed E-state index contributed by atoms with van der Waals surface area (Å²) in [5.74, 6) is -1.22. The number of thiophene rings is 1. The van der Waals surface area contributed by atoms with Crippen LogP contribution in [-0.2, 0) is 20.9 Å². The van der Waals surface area contributed by atoms with Crippen LogP contribution in [-0.4, -0.2) is 28.0 Å². The van der Waals surface area contributed by atoms with E-state index in [-0.39, 0.29) is 12.5 Å². The van der Waals surface area contributed by atoms with Crippen LogP contribution in [0, 0.1) is 5.92 Å². The van der Waals surface area contributed by atoms with Gasteiger partial charge >= 0.3 is 5.97 Å². The fourth-order valence-electron chi connectivity index (χ4n) is 4.17. The number of esters is 1. The van der Waals surface area contributed by atoms with E-state index in [1.54, 1.807) is 11.8 Å². The molecule has 0 N–H and O–H groups in total. The molecule has 0 aliphatic carbocycles. The lowest BCUT2D eigenvalue weighted by atomic mass is 9.93. The van der Waals surface area contributed by atoms with Gasteiger partial charge in [-0.1, -0.05) is 48.5 Å². The van der Waals surface area contributed by atoms with Gasteiger partial charge in [-0.3, -0.25) is 19.1 Å². The lowest BCUT2D eigenvalue weighted by Crippen LogP contribution is -2.49. The average Bonchev–Trinajstić information content (AvgIpc) is 3.44. The Hall–Kier alpha value is -3.45. The first kappa shape index (κ1) is 19.5. The molecule has 7 heteroatoms. The lowest BCUT2D eigenvalue weighted by molar-refractivity contribution is -0.153. The topological polar surface area (TPSA) is 64.4 Å². The van der Waals surface area contributed by atoms with E-state index in [2.05, 4.69) is 0 Å². The maximum Gasteiger partial charge on any atom is 0.321 e. The van der Waals surface area contributed by atoms with E-state index < -0.39 is 17.9 Å². The third kappa shape index (κ3) is 3.31. The van der Waals surface area contributed by atoms with E-state index >= 15 is 0 Å². The van der Waals surface area contributed by atoms with Crippen LogP contribution in [0.2, 0.25) is 0 Å². The number of carbonyl (C=O) groups excluding carboxylic acids is 2. The normalized spacial score (nSPS) is 18.2. The Morgan fingerprint density at radius 2 is 1.84 bits per heavy atom. The molecule has 5 rings (SSSR count). The van der Waals surface area contributed by atoms with Crippen LogP contribution < -0.4 is 4.90 Å². The monoisotopic (exact) mass is 431 g/mol. The molecule has 4 aromatic rings. The summed E-state index contributed by atoms with van der Waals surface area (Å²) in [5, 5.41) is 1.96. The van der Waals surface area contributed by atoms with Crippen LogP contribution >= 0.6 is 11.3 Å². The second-order valence-corrected chi connectivity index (χ2v) is 8.35.